The molecule has 0 saturated carbocycles. The van der Waals surface area contributed by atoms with E-state index in [2.05, 4.69) is 5.32 Å². The number of amides is 1. The molecule has 0 aliphatic carbocycles. The van der Waals surface area contributed by atoms with Crippen molar-refractivity contribution in [2.24, 2.45) is 0 Å². The summed E-state index contributed by atoms with van der Waals surface area (Å²) < 4.78 is 45.8. The third kappa shape index (κ3) is 5.20. The molecule has 0 unspecified atom stereocenters. The lowest BCUT2D eigenvalue weighted by Gasteiger charge is -2.10. The first-order valence-corrected chi connectivity index (χ1v) is 6.57. The Morgan fingerprint density at radius 3 is 2.45 bits per heavy atom. The predicted octanol–water partition coefficient (Wildman–Crippen LogP) is 2.69. The van der Waals surface area contributed by atoms with Crippen molar-refractivity contribution < 1.29 is 27.4 Å². The molecule has 8 heteroatoms. The van der Waals surface area contributed by atoms with Crippen molar-refractivity contribution in [1.29, 1.82) is 0 Å². The Hall–Kier alpha value is -1.57. The third-order valence-electron chi connectivity index (χ3n) is 2.30. The highest BCUT2D eigenvalue weighted by atomic mass is 32.2. The minimum atomic E-state index is -4.28. The fourth-order valence-corrected chi connectivity index (χ4v) is 1.85. The van der Waals surface area contributed by atoms with Gasteiger partial charge in [-0.1, -0.05) is 0 Å². The quantitative estimate of drug-likeness (QED) is 0.821. The van der Waals surface area contributed by atoms with E-state index in [1.165, 1.54) is 26.4 Å². The number of halogens is 3. The summed E-state index contributed by atoms with van der Waals surface area (Å²) in [7, 11) is 2.89. The number of nitrogens with one attached hydrogen (secondary N) is 1. The Labute approximate surface area is 118 Å². The highest BCUT2D eigenvalue weighted by molar-refractivity contribution is 8.00. The van der Waals surface area contributed by atoms with Crippen LogP contribution < -0.4 is 14.8 Å². The molecule has 112 valence electrons. The van der Waals surface area contributed by atoms with Gasteiger partial charge in [0.1, 0.15) is 0 Å². The average molecular weight is 309 g/mol. The van der Waals surface area contributed by atoms with E-state index >= 15 is 0 Å². The number of ether oxygens (including phenoxy) is 2. The van der Waals surface area contributed by atoms with Crippen molar-refractivity contribution in [3.8, 4) is 11.5 Å². The number of carbonyl (C=O) groups excluding carboxylic acids is 1. The number of carbonyl (C=O) groups is 1. The van der Waals surface area contributed by atoms with E-state index in [4.69, 9.17) is 9.47 Å². The maximum Gasteiger partial charge on any atom is 0.441 e. The molecule has 0 aliphatic heterocycles. The standard InChI is InChI=1S/C12H14F3NO3S/c1-18-9-4-3-8(7-10(9)19-2)11(17)16-5-6-20-12(13,14)15/h3-4,7H,5-6H2,1-2H3,(H,16,17). The van der Waals surface area contributed by atoms with Gasteiger partial charge in [0.05, 0.1) is 14.2 Å². The van der Waals surface area contributed by atoms with E-state index in [0.29, 0.717) is 17.1 Å². The summed E-state index contributed by atoms with van der Waals surface area (Å²) in [6.45, 7) is -0.0721. The van der Waals surface area contributed by atoms with Crippen LogP contribution in [0.1, 0.15) is 10.4 Å². The second-order valence-corrected chi connectivity index (χ2v) is 4.78. The maximum absolute atomic E-state index is 11.9. The number of rotatable bonds is 6. The van der Waals surface area contributed by atoms with E-state index < -0.39 is 11.4 Å². The molecule has 0 radical (unpaired) electrons. The molecule has 0 fully saturated rings. The van der Waals surface area contributed by atoms with Gasteiger partial charge in [0.15, 0.2) is 11.5 Å². The zero-order valence-corrected chi connectivity index (χ0v) is 11.7. The zero-order valence-electron chi connectivity index (χ0n) is 10.9. The van der Waals surface area contributed by atoms with E-state index in [1.54, 1.807) is 6.07 Å². The van der Waals surface area contributed by atoms with Crippen LogP contribution in [0.3, 0.4) is 0 Å². The molecule has 0 aromatic heterocycles. The average Bonchev–Trinajstić information content (AvgIpc) is 2.41. The first kappa shape index (κ1) is 16.5. The number of methoxy groups -OCH3 is 2. The van der Waals surface area contributed by atoms with Gasteiger partial charge in [-0.3, -0.25) is 4.79 Å². The van der Waals surface area contributed by atoms with E-state index in [-0.39, 0.29) is 24.1 Å². The van der Waals surface area contributed by atoms with E-state index in [0.717, 1.165) is 0 Å². The Bertz CT molecular complexity index is 466. The van der Waals surface area contributed by atoms with Crippen LogP contribution in [-0.2, 0) is 0 Å². The van der Waals surface area contributed by atoms with Crippen LogP contribution in [0.25, 0.3) is 0 Å². The van der Waals surface area contributed by atoms with Gasteiger partial charge in [0, 0.05) is 17.9 Å². The van der Waals surface area contributed by atoms with Crippen molar-refractivity contribution in [3.63, 3.8) is 0 Å². The molecule has 20 heavy (non-hydrogen) atoms. The molecular formula is C12H14F3NO3S. The van der Waals surface area contributed by atoms with Crippen LogP contribution >= 0.6 is 11.8 Å². The van der Waals surface area contributed by atoms with Gasteiger partial charge < -0.3 is 14.8 Å². The van der Waals surface area contributed by atoms with Crippen LogP contribution in [0, 0.1) is 0 Å². The highest BCUT2D eigenvalue weighted by Crippen LogP contribution is 2.29. The largest absolute Gasteiger partial charge is 0.493 e. The van der Waals surface area contributed by atoms with Crippen LogP contribution in [0.4, 0.5) is 13.2 Å². The van der Waals surface area contributed by atoms with Crippen molar-refractivity contribution >= 4 is 17.7 Å². The summed E-state index contributed by atoms with van der Waals surface area (Å²) in [5.74, 6) is 0.151. The number of hydrogen-bond donors (Lipinski definition) is 1. The molecule has 1 aromatic rings. The fraction of sp³-hybridized carbons (Fsp3) is 0.417. The van der Waals surface area contributed by atoms with E-state index in [9.17, 15) is 18.0 Å². The summed E-state index contributed by atoms with van der Waals surface area (Å²) >= 11 is -0.175. The first-order chi connectivity index (χ1) is 9.37. The summed E-state index contributed by atoms with van der Waals surface area (Å²) in [6.07, 6.45) is 0. The number of benzene rings is 1. The summed E-state index contributed by atoms with van der Waals surface area (Å²) in [4.78, 5) is 11.7. The molecule has 4 nitrogen and oxygen atoms in total. The lowest BCUT2D eigenvalue weighted by atomic mass is 10.2. The second kappa shape index (κ2) is 7.28. The molecule has 1 aromatic carbocycles. The van der Waals surface area contributed by atoms with Gasteiger partial charge in [0.2, 0.25) is 0 Å². The van der Waals surface area contributed by atoms with Gasteiger partial charge in [-0.2, -0.15) is 13.2 Å². The minimum absolute atomic E-state index is 0.0721. The number of thioether (sulfide) groups is 1. The molecule has 1 amide bonds. The topological polar surface area (TPSA) is 47.6 Å². The Balaban J connectivity index is 2.55. The lowest BCUT2D eigenvalue weighted by Crippen LogP contribution is -2.26. The summed E-state index contributed by atoms with van der Waals surface area (Å²) in [5.41, 5.74) is -3.99. The van der Waals surface area contributed by atoms with Crippen LogP contribution in [0.15, 0.2) is 18.2 Å². The smallest absolute Gasteiger partial charge is 0.441 e. The van der Waals surface area contributed by atoms with Crippen molar-refractivity contribution in [2.45, 2.75) is 5.51 Å². The normalized spacial score (nSPS) is 11.1. The molecule has 0 atom stereocenters. The Morgan fingerprint density at radius 2 is 1.90 bits per heavy atom. The second-order valence-electron chi connectivity index (χ2n) is 3.62. The van der Waals surface area contributed by atoms with Gasteiger partial charge in [-0.25, -0.2) is 0 Å². The van der Waals surface area contributed by atoms with Crippen LogP contribution in [-0.4, -0.2) is 37.9 Å². The van der Waals surface area contributed by atoms with Crippen LogP contribution in [0.2, 0.25) is 0 Å². The van der Waals surface area contributed by atoms with E-state index in [1.807, 2.05) is 0 Å². The molecule has 0 spiro atoms. The molecular weight excluding hydrogens is 295 g/mol. The summed E-state index contributed by atoms with van der Waals surface area (Å²) in [5, 5.41) is 2.40. The molecule has 1 rings (SSSR count). The fourth-order valence-electron chi connectivity index (χ4n) is 1.41. The number of alkyl halides is 3. The highest BCUT2D eigenvalue weighted by Gasteiger charge is 2.27. The molecule has 0 heterocycles. The Morgan fingerprint density at radius 1 is 1.25 bits per heavy atom. The van der Waals surface area contributed by atoms with Gasteiger partial charge in [0.25, 0.3) is 5.91 Å². The minimum Gasteiger partial charge on any atom is -0.493 e. The monoisotopic (exact) mass is 309 g/mol. The predicted molar refractivity (Wildman–Crippen MR) is 70.4 cm³/mol. The maximum atomic E-state index is 11.9. The van der Waals surface area contributed by atoms with Crippen molar-refractivity contribution in [3.05, 3.63) is 23.8 Å². The number of hydrogen-bond acceptors (Lipinski definition) is 4. The molecule has 0 saturated heterocycles. The Kier molecular flexibility index (Phi) is 6.00. The molecule has 0 bridgehead atoms. The SMILES string of the molecule is COc1ccc(C(=O)NCCSC(F)(F)F)cc1OC. The zero-order chi connectivity index (χ0) is 15.2. The van der Waals surface area contributed by atoms with Crippen molar-refractivity contribution in [2.75, 3.05) is 26.5 Å². The first-order valence-electron chi connectivity index (χ1n) is 5.58. The lowest BCUT2D eigenvalue weighted by molar-refractivity contribution is -0.0327. The third-order valence-corrected chi connectivity index (χ3v) is 3.03. The van der Waals surface area contributed by atoms with Crippen LogP contribution in [0.5, 0.6) is 11.5 Å². The summed E-state index contributed by atoms with van der Waals surface area (Å²) in [6, 6.07) is 4.52. The van der Waals surface area contributed by atoms with Gasteiger partial charge in [-0.05, 0) is 30.0 Å². The van der Waals surface area contributed by atoms with Gasteiger partial charge in [-0.15, -0.1) is 0 Å². The van der Waals surface area contributed by atoms with Crippen molar-refractivity contribution in [1.82, 2.24) is 5.32 Å². The molecule has 0 aliphatic rings. The van der Waals surface area contributed by atoms with Gasteiger partial charge >= 0.3 is 5.51 Å². The molecule has 1 N–H and O–H groups in total.